The van der Waals surface area contributed by atoms with Gasteiger partial charge in [0.05, 0.1) is 0 Å². The van der Waals surface area contributed by atoms with E-state index in [1.807, 2.05) is 0 Å². The summed E-state index contributed by atoms with van der Waals surface area (Å²) in [5.74, 6) is -0.977. The van der Waals surface area contributed by atoms with Crippen molar-refractivity contribution in [2.45, 2.75) is 6.04 Å². The fourth-order valence-corrected chi connectivity index (χ4v) is 1.07. The summed E-state index contributed by atoms with van der Waals surface area (Å²) in [7, 11) is 0. The van der Waals surface area contributed by atoms with Crippen LogP contribution in [-0.2, 0) is 4.79 Å². The summed E-state index contributed by atoms with van der Waals surface area (Å²) in [5.41, 5.74) is 0.344. The lowest BCUT2D eigenvalue weighted by Crippen LogP contribution is -2.33. The molecular weight excluding hydrogens is 234 g/mol. The average Bonchev–Trinajstić information content (AvgIpc) is 2.22. The highest BCUT2D eigenvalue weighted by Crippen LogP contribution is 2.13. The van der Waals surface area contributed by atoms with E-state index in [4.69, 9.17) is 16.9 Å². The van der Waals surface area contributed by atoms with Gasteiger partial charge < -0.3 is 5.32 Å². The number of nitriles is 1. The number of benzene rings is 1. The van der Waals surface area contributed by atoms with Crippen LogP contribution in [0.2, 0.25) is 5.02 Å². The Balaban J connectivity index is 2.75. The molecule has 1 aromatic rings. The largest absolute Gasteiger partial charge is 0.373 e. The Kier molecular flexibility index (Phi) is 3.80. The van der Waals surface area contributed by atoms with Crippen LogP contribution in [0.25, 0.3) is 0 Å². The molecule has 1 amide bonds. The van der Waals surface area contributed by atoms with E-state index in [-0.39, 0.29) is 0 Å². The molecule has 0 saturated carbocycles. The molecule has 7 heteroatoms. The second-order valence-electron chi connectivity index (χ2n) is 2.81. The molecular formula is C9H6ClN3O3. The molecule has 0 aliphatic carbocycles. The van der Waals surface area contributed by atoms with Crippen LogP contribution in [-0.4, -0.2) is 16.9 Å². The van der Waals surface area contributed by atoms with Crippen LogP contribution >= 0.6 is 11.6 Å². The number of hydrogen-bond donors (Lipinski definition) is 1. The number of nitrogens with one attached hydrogen (secondary N) is 1. The first-order chi connectivity index (χ1) is 7.54. The Morgan fingerprint density at radius 1 is 1.50 bits per heavy atom. The number of carbonyl (C=O) groups is 1. The van der Waals surface area contributed by atoms with E-state index >= 15 is 0 Å². The van der Waals surface area contributed by atoms with Crippen molar-refractivity contribution in [1.82, 2.24) is 0 Å². The predicted octanol–water partition coefficient (Wildman–Crippen LogP) is 1.45. The number of nitro groups is 1. The Labute approximate surface area is 95.6 Å². The highest BCUT2D eigenvalue weighted by atomic mass is 35.5. The Morgan fingerprint density at radius 2 is 2.06 bits per heavy atom. The quantitative estimate of drug-likeness (QED) is 0.638. The molecule has 0 radical (unpaired) electrons. The lowest BCUT2D eigenvalue weighted by atomic mass is 10.3. The molecule has 0 aliphatic heterocycles. The molecule has 0 aromatic heterocycles. The van der Waals surface area contributed by atoms with E-state index in [0.717, 1.165) is 0 Å². The molecule has 1 rings (SSSR count). The van der Waals surface area contributed by atoms with Crippen LogP contribution in [0.4, 0.5) is 5.69 Å². The van der Waals surface area contributed by atoms with Gasteiger partial charge >= 0.3 is 11.9 Å². The molecule has 0 saturated heterocycles. The number of halogens is 1. The Morgan fingerprint density at radius 3 is 2.50 bits per heavy atom. The minimum atomic E-state index is -1.91. The van der Waals surface area contributed by atoms with Gasteiger partial charge in [-0.05, 0) is 24.3 Å². The van der Waals surface area contributed by atoms with Crippen LogP contribution in [0, 0.1) is 21.4 Å². The van der Waals surface area contributed by atoms with Crippen LogP contribution in [0.15, 0.2) is 24.3 Å². The van der Waals surface area contributed by atoms with E-state index < -0.39 is 16.9 Å². The third-order valence-electron chi connectivity index (χ3n) is 1.69. The van der Waals surface area contributed by atoms with E-state index in [2.05, 4.69) is 5.32 Å². The minimum Gasteiger partial charge on any atom is -0.319 e. The zero-order chi connectivity index (χ0) is 12.1. The molecule has 0 aliphatic rings. The zero-order valence-electron chi connectivity index (χ0n) is 7.88. The van der Waals surface area contributed by atoms with Crippen molar-refractivity contribution in [2.24, 2.45) is 0 Å². The smallest absolute Gasteiger partial charge is 0.319 e. The van der Waals surface area contributed by atoms with Gasteiger partial charge in [0, 0.05) is 15.6 Å². The summed E-state index contributed by atoms with van der Waals surface area (Å²) in [4.78, 5) is 20.6. The van der Waals surface area contributed by atoms with Gasteiger partial charge in [-0.2, -0.15) is 5.26 Å². The maximum Gasteiger partial charge on any atom is 0.373 e. The van der Waals surface area contributed by atoms with Gasteiger partial charge in [-0.15, -0.1) is 0 Å². The standard InChI is InChI=1S/C9H6ClN3O3/c10-6-1-3-7(4-2-6)12-9(14)8(5-11)13(15)16/h1-4,8H,(H,12,14). The second kappa shape index (κ2) is 5.09. The third-order valence-corrected chi connectivity index (χ3v) is 1.95. The van der Waals surface area contributed by atoms with E-state index in [1.54, 1.807) is 0 Å². The summed E-state index contributed by atoms with van der Waals surface area (Å²) in [5, 5.41) is 21.4. The van der Waals surface area contributed by atoms with Gasteiger partial charge in [0.1, 0.15) is 0 Å². The molecule has 16 heavy (non-hydrogen) atoms. The van der Waals surface area contributed by atoms with Crippen molar-refractivity contribution in [1.29, 1.82) is 5.26 Å². The first-order valence-electron chi connectivity index (χ1n) is 4.14. The van der Waals surface area contributed by atoms with Crippen molar-refractivity contribution in [3.63, 3.8) is 0 Å². The molecule has 1 aromatic carbocycles. The number of hydrogen-bond acceptors (Lipinski definition) is 4. The topological polar surface area (TPSA) is 96.0 Å². The molecule has 6 nitrogen and oxygen atoms in total. The Hall–Kier alpha value is -2.13. The summed E-state index contributed by atoms with van der Waals surface area (Å²) >= 11 is 5.62. The van der Waals surface area contributed by atoms with Crippen molar-refractivity contribution in [3.8, 4) is 6.07 Å². The van der Waals surface area contributed by atoms with Crippen LogP contribution < -0.4 is 5.32 Å². The number of amides is 1. The van der Waals surface area contributed by atoms with Crippen molar-refractivity contribution < 1.29 is 9.72 Å². The van der Waals surface area contributed by atoms with Gasteiger partial charge in [-0.3, -0.25) is 14.9 Å². The lowest BCUT2D eigenvalue weighted by molar-refractivity contribution is -0.492. The summed E-state index contributed by atoms with van der Waals surface area (Å²) < 4.78 is 0. The summed E-state index contributed by atoms with van der Waals surface area (Å²) in [6, 6.07) is 5.39. The zero-order valence-corrected chi connectivity index (χ0v) is 8.64. The normalized spacial score (nSPS) is 11.2. The first-order valence-corrected chi connectivity index (χ1v) is 4.52. The van der Waals surface area contributed by atoms with Gasteiger partial charge in [0.15, 0.2) is 6.07 Å². The number of rotatable bonds is 3. The van der Waals surface area contributed by atoms with Crippen molar-refractivity contribution >= 4 is 23.2 Å². The third kappa shape index (κ3) is 2.93. The van der Waals surface area contributed by atoms with Crippen molar-refractivity contribution in [3.05, 3.63) is 39.4 Å². The van der Waals surface area contributed by atoms with Gasteiger partial charge in [0.25, 0.3) is 0 Å². The Bertz CT molecular complexity index is 452. The van der Waals surface area contributed by atoms with Gasteiger partial charge in [-0.25, -0.2) is 0 Å². The fraction of sp³-hybridized carbons (Fsp3) is 0.111. The molecule has 1 N–H and O–H groups in total. The van der Waals surface area contributed by atoms with Crippen LogP contribution in [0.1, 0.15) is 0 Å². The minimum absolute atomic E-state index is 0.344. The highest BCUT2D eigenvalue weighted by Gasteiger charge is 2.29. The molecule has 0 fully saturated rings. The summed E-state index contributed by atoms with van der Waals surface area (Å²) in [6.45, 7) is 0. The number of anilines is 1. The monoisotopic (exact) mass is 239 g/mol. The number of carbonyl (C=O) groups excluding carboxylic acids is 1. The molecule has 82 valence electrons. The maximum atomic E-state index is 11.3. The molecule has 0 heterocycles. The molecule has 1 atom stereocenters. The summed E-state index contributed by atoms with van der Waals surface area (Å²) in [6.07, 6.45) is 0. The van der Waals surface area contributed by atoms with E-state index in [1.165, 1.54) is 30.3 Å². The SMILES string of the molecule is N#CC(C(=O)Nc1ccc(Cl)cc1)[N+](=O)[O-]. The maximum absolute atomic E-state index is 11.3. The van der Waals surface area contributed by atoms with Crippen LogP contribution in [0.5, 0.6) is 0 Å². The second-order valence-corrected chi connectivity index (χ2v) is 3.25. The predicted molar refractivity (Wildman–Crippen MR) is 56.5 cm³/mol. The average molecular weight is 240 g/mol. The van der Waals surface area contributed by atoms with Crippen LogP contribution in [0.3, 0.4) is 0 Å². The van der Waals surface area contributed by atoms with Gasteiger partial charge in [-0.1, -0.05) is 11.6 Å². The number of nitrogens with zero attached hydrogens (tertiary/aromatic N) is 2. The van der Waals surface area contributed by atoms with E-state index in [0.29, 0.717) is 10.7 Å². The lowest BCUT2D eigenvalue weighted by Gasteiger charge is -2.04. The molecule has 0 spiro atoms. The first kappa shape index (κ1) is 11.9. The molecule has 1 unspecified atom stereocenters. The van der Waals surface area contributed by atoms with E-state index in [9.17, 15) is 14.9 Å². The van der Waals surface area contributed by atoms with Gasteiger partial charge in [0.2, 0.25) is 0 Å². The fourth-order valence-electron chi connectivity index (χ4n) is 0.945. The van der Waals surface area contributed by atoms with Crippen molar-refractivity contribution in [2.75, 3.05) is 5.32 Å². The molecule has 0 bridgehead atoms. The highest BCUT2D eigenvalue weighted by molar-refractivity contribution is 6.30.